The molecule has 5 nitrogen and oxygen atoms in total. The normalized spacial score (nSPS) is 10.8. The molecule has 0 bridgehead atoms. The van der Waals surface area contributed by atoms with Crippen molar-refractivity contribution in [1.29, 1.82) is 0 Å². The van der Waals surface area contributed by atoms with Gasteiger partial charge in [0.1, 0.15) is 5.75 Å². The smallest absolute Gasteiger partial charge is 0.271 e. The first-order chi connectivity index (χ1) is 12.0. The maximum absolute atomic E-state index is 12.1. The molecular weight excluding hydrogens is 316 g/mol. The molecule has 2 aromatic rings. The van der Waals surface area contributed by atoms with Gasteiger partial charge in [0.15, 0.2) is 0 Å². The van der Waals surface area contributed by atoms with Gasteiger partial charge in [-0.25, -0.2) is 5.43 Å². The number of terminal acetylenes is 1. The van der Waals surface area contributed by atoms with Gasteiger partial charge in [0, 0.05) is 16.7 Å². The second-order valence-electron chi connectivity index (χ2n) is 5.67. The molecule has 25 heavy (non-hydrogen) atoms. The number of ether oxygens (including phenoxy) is 1. The highest BCUT2D eigenvalue weighted by molar-refractivity contribution is 5.95. The number of phenols is 1. The first kappa shape index (κ1) is 18.2. The fourth-order valence-corrected chi connectivity index (χ4v) is 1.98. The molecule has 0 spiro atoms. The Kier molecular flexibility index (Phi) is 6.33. The van der Waals surface area contributed by atoms with E-state index in [1.165, 1.54) is 12.3 Å². The number of carbonyl (C=O) groups is 1. The van der Waals surface area contributed by atoms with Gasteiger partial charge in [-0.1, -0.05) is 18.1 Å². The number of hydrogen-bond acceptors (Lipinski definition) is 4. The van der Waals surface area contributed by atoms with E-state index in [1.807, 2.05) is 26.0 Å². The Bertz CT molecular complexity index is 803. The molecule has 0 aliphatic rings. The van der Waals surface area contributed by atoms with Gasteiger partial charge in [-0.3, -0.25) is 4.79 Å². The van der Waals surface area contributed by atoms with E-state index < -0.39 is 0 Å². The Hall–Kier alpha value is -3.10. The zero-order valence-electron chi connectivity index (χ0n) is 14.2. The number of hydrogen-bond donors (Lipinski definition) is 2. The summed E-state index contributed by atoms with van der Waals surface area (Å²) in [7, 11) is 0. The Morgan fingerprint density at radius 2 is 2.04 bits per heavy atom. The second-order valence-corrected chi connectivity index (χ2v) is 5.67. The molecule has 2 aromatic carbocycles. The Morgan fingerprint density at radius 1 is 1.32 bits per heavy atom. The zero-order chi connectivity index (χ0) is 18.2. The number of nitrogens with one attached hydrogen (secondary N) is 1. The molecule has 1 amide bonds. The first-order valence-electron chi connectivity index (χ1n) is 7.83. The summed E-state index contributed by atoms with van der Waals surface area (Å²) in [6, 6.07) is 11.9. The van der Waals surface area contributed by atoms with Gasteiger partial charge in [-0.15, -0.1) is 6.42 Å². The third-order valence-electron chi connectivity index (χ3n) is 3.37. The van der Waals surface area contributed by atoms with Gasteiger partial charge in [0.2, 0.25) is 0 Å². The predicted octanol–water partition coefficient (Wildman–Crippen LogP) is 3.06. The van der Waals surface area contributed by atoms with E-state index in [2.05, 4.69) is 16.4 Å². The minimum atomic E-state index is -0.340. The summed E-state index contributed by atoms with van der Waals surface area (Å²) in [4.78, 5) is 12.1. The van der Waals surface area contributed by atoms with Crippen LogP contribution in [0.15, 0.2) is 47.6 Å². The lowest BCUT2D eigenvalue weighted by atomic mass is 10.1. The van der Waals surface area contributed by atoms with Crippen LogP contribution in [0.5, 0.6) is 5.75 Å². The standard InChI is InChI=1S/C20H20N2O3/c1-4-15-5-10-18(19(23)11-15)12-21-22-20(24)17-8-6-16(7-9-17)13-25-14(2)3/h1,5-12,14,23H,13H2,2-3H3,(H,22,24)/b21-12+. The summed E-state index contributed by atoms with van der Waals surface area (Å²) in [5, 5.41) is 13.7. The third kappa shape index (κ3) is 5.48. The van der Waals surface area contributed by atoms with Crippen LogP contribution in [0, 0.1) is 12.3 Å². The molecule has 0 aliphatic heterocycles. The van der Waals surface area contributed by atoms with Crippen molar-refractivity contribution in [3.8, 4) is 18.1 Å². The molecule has 5 heteroatoms. The summed E-state index contributed by atoms with van der Waals surface area (Å²) < 4.78 is 5.51. The van der Waals surface area contributed by atoms with Crippen molar-refractivity contribution >= 4 is 12.1 Å². The molecule has 0 unspecified atom stereocenters. The van der Waals surface area contributed by atoms with Crippen LogP contribution in [0.2, 0.25) is 0 Å². The van der Waals surface area contributed by atoms with Crippen LogP contribution >= 0.6 is 0 Å². The maximum Gasteiger partial charge on any atom is 0.271 e. The highest BCUT2D eigenvalue weighted by atomic mass is 16.5. The summed E-state index contributed by atoms with van der Waals surface area (Å²) in [6.45, 7) is 4.44. The van der Waals surface area contributed by atoms with Gasteiger partial charge < -0.3 is 9.84 Å². The lowest BCUT2D eigenvalue weighted by molar-refractivity contribution is 0.0657. The van der Waals surface area contributed by atoms with Crippen LogP contribution in [-0.4, -0.2) is 23.3 Å². The number of nitrogens with zero attached hydrogens (tertiary/aromatic N) is 1. The van der Waals surface area contributed by atoms with Gasteiger partial charge >= 0.3 is 0 Å². The number of carbonyl (C=O) groups excluding carboxylic acids is 1. The van der Waals surface area contributed by atoms with Crippen molar-refractivity contribution < 1.29 is 14.6 Å². The molecule has 0 aromatic heterocycles. The summed E-state index contributed by atoms with van der Waals surface area (Å²) >= 11 is 0. The van der Waals surface area contributed by atoms with E-state index in [0.29, 0.717) is 23.3 Å². The topological polar surface area (TPSA) is 70.9 Å². The van der Waals surface area contributed by atoms with Crippen LogP contribution in [0.1, 0.15) is 40.9 Å². The van der Waals surface area contributed by atoms with Gasteiger partial charge in [0.05, 0.1) is 18.9 Å². The van der Waals surface area contributed by atoms with E-state index in [1.54, 1.807) is 24.3 Å². The number of phenolic OH excluding ortho intramolecular Hbond substituents is 1. The number of benzene rings is 2. The third-order valence-corrected chi connectivity index (χ3v) is 3.37. The van der Waals surface area contributed by atoms with Crippen molar-refractivity contribution in [2.24, 2.45) is 5.10 Å². The van der Waals surface area contributed by atoms with Crippen molar-refractivity contribution in [2.45, 2.75) is 26.6 Å². The highest BCUT2D eigenvalue weighted by Crippen LogP contribution is 2.16. The van der Waals surface area contributed by atoms with Crippen LogP contribution in [0.3, 0.4) is 0 Å². The largest absolute Gasteiger partial charge is 0.507 e. The molecule has 0 radical (unpaired) electrons. The second kappa shape index (κ2) is 8.67. The van der Waals surface area contributed by atoms with Crippen molar-refractivity contribution in [3.05, 3.63) is 64.7 Å². The van der Waals surface area contributed by atoms with E-state index in [9.17, 15) is 9.90 Å². The average Bonchev–Trinajstić information content (AvgIpc) is 2.61. The van der Waals surface area contributed by atoms with Crippen LogP contribution < -0.4 is 5.43 Å². The fraction of sp³-hybridized carbons (Fsp3) is 0.200. The first-order valence-corrected chi connectivity index (χ1v) is 7.83. The van der Waals surface area contributed by atoms with Gasteiger partial charge in [-0.2, -0.15) is 5.10 Å². The van der Waals surface area contributed by atoms with Crippen LogP contribution in [0.4, 0.5) is 0 Å². The molecule has 0 fully saturated rings. The molecule has 0 aliphatic carbocycles. The fourth-order valence-electron chi connectivity index (χ4n) is 1.98. The number of aromatic hydroxyl groups is 1. The van der Waals surface area contributed by atoms with E-state index >= 15 is 0 Å². The lowest BCUT2D eigenvalue weighted by Gasteiger charge is -2.07. The minimum Gasteiger partial charge on any atom is -0.507 e. The number of rotatable bonds is 6. The Morgan fingerprint density at radius 3 is 2.64 bits per heavy atom. The molecule has 128 valence electrons. The SMILES string of the molecule is C#Cc1ccc(/C=N/NC(=O)c2ccc(COC(C)C)cc2)c(O)c1. The Balaban J connectivity index is 1.94. The molecular formula is C20H20N2O3. The number of amides is 1. The minimum absolute atomic E-state index is 0.00274. The molecule has 0 atom stereocenters. The summed E-state index contributed by atoms with van der Waals surface area (Å²) in [5.41, 5.74) is 4.93. The van der Waals surface area contributed by atoms with Crippen molar-refractivity contribution in [1.82, 2.24) is 5.43 Å². The molecule has 2 N–H and O–H groups in total. The van der Waals surface area contributed by atoms with Crippen molar-refractivity contribution in [3.63, 3.8) is 0 Å². The highest BCUT2D eigenvalue weighted by Gasteiger charge is 2.05. The molecule has 2 rings (SSSR count). The zero-order valence-corrected chi connectivity index (χ0v) is 14.2. The van der Waals surface area contributed by atoms with E-state index in [0.717, 1.165) is 5.56 Å². The van der Waals surface area contributed by atoms with E-state index in [4.69, 9.17) is 11.2 Å². The molecule has 0 saturated carbocycles. The van der Waals surface area contributed by atoms with Gasteiger partial charge in [0.25, 0.3) is 5.91 Å². The predicted molar refractivity (Wildman–Crippen MR) is 97.5 cm³/mol. The van der Waals surface area contributed by atoms with Crippen LogP contribution in [-0.2, 0) is 11.3 Å². The van der Waals surface area contributed by atoms with Crippen molar-refractivity contribution in [2.75, 3.05) is 0 Å². The Labute approximate surface area is 147 Å². The lowest BCUT2D eigenvalue weighted by Crippen LogP contribution is -2.17. The number of hydrazone groups is 1. The molecule has 0 heterocycles. The maximum atomic E-state index is 12.1. The summed E-state index contributed by atoms with van der Waals surface area (Å²) in [6.07, 6.45) is 6.77. The quantitative estimate of drug-likeness (QED) is 0.484. The molecule has 0 saturated heterocycles. The van der Waals surface area contributed by atoms with E-state index in [-0.39, 0.29) is 17.8 Å². The van der Waals surface area contributed by atoms with Gasteiger partial charge in [-0.05, 0) is 49.7 Å². The average molecular weight is 336 g/mol. The summed E-state index contributed by atoms with van der Waals surface area (Å²) in [5.74, 6) is 2.09. The van der Waals surface area contributed by atoms with Crippen LogP contribution in [0.25, 0.3) is 0 Å². The monoisotopic (exact) mass is 336 g/mol.